The number of amides is 1. The summed E-state index contributed by atoms with van der Waals surface area (Å²) in [5, 5.41) is 19.1. The fourth-order valence-corrected chi connectivity index (χ4v) is 2.92. The average Bonchev–Trinajstić information content (AvgIpc) is 2.62. The minimum absolute atomic E-state index is 0.0161. The average molecular weight is 363 g/mol. The topological polar surface area (TPSA) is 98.5 Å². The van der Waals surface area contributed by atoms with E-state index in [0.29, 0.717) is 19.0 Å². The summed E-state index contributed by atoms with van der Waals surface area (Å²) in [6.07, 6.45) is 2.79. The van der Waals surface area contributed by atoms with E-state index in [1.165, 1.54) is 18.2 Å². The molecule has 2 aromatic rings. The molecule has 1 fully saturated rings. The third-order valence-corrected chi connectivity index (χ3v) is 4.12. The normalized spacial score (nSPS) is 17.2. The number of piperidine rings is 1. The summed E-state index contributed by atoms with van der Waals surface area (Å²) in [4.78, 5) is 24.9. The molecule has 0 bridgehead atoms. The molecule has 8 nitrogen and oxygen atoms in total. The van der Waals surface area contributed by atoms with Crippen molar-refractivity contribution in [3.05, 3.63) is 57.2 Å². The third kappa shape index (κ3) is 4.03. The highest BCUT2D eigenvalue weighted by Gasteiger charge is 2.30. The monoisotopic (exact) mass is 362 g/mol. The zero-order chi connectivity index (χ0) is 17.8. The first kappa shape index (κ1) is 17.1. The Morgan fingerprint density at radius 3 is 2.96 bits per heavy atom. The van der Waals surface area contributed by atoms with E-state index >= 15 is 0 Å². The first-order valence-electron chi connectivity index (χ1n) is 7.72. The lowest BCUT2D eigenvalue weighted by Gasteiger charge is -2.32. The number of nitro groups is 1. The molecule has 9 heteroatoms. The van der Waals surface area contributed by atoms with E-state index in [4.69, 9.17) is 16.3 Å². The van der Waals surface area contributed by atoms with E-state index in [1.54, 1.807) is 23.2 Å². The van der Waals surface area contributed by atoms with E-state index in [1.807, 2.05) is 0 Å². The molecule has 3 rings (SSSR count). The molecule has 0 aliphatic carbocycles. The van der Waals surface area contributed by atoms with Gasteiger partial charge in [0, 0.05) is 29.9 Å². The van der Waals surface area contributed by atoms with Crippen LogP contribution in [-0.4, -0.2) is 45.1 Å². The molecule has 25 heavy (non-hydrogen) atoms. The van der Waals surface area contributed by atoms with Crippen LogP contribution in [0.3, 0.4) is 0 Å². The number of hydrogen-bond donors (Lipinski definition) is 0. The highest BCUT2D eigenvalue weighted by Crippen LogP contribution is 2.26. The number of hydrogen-bond acceptors (Lipinski definition) is 6. The number of nitrogens with zero attached hydrogens (tertiary/aromatic N) is 4. The molecule has 0 spiro atoms. The Kier molecular flexibility index (Phi) is 5.08. The van der Waals surface area contributed by atoms with E-state index in [-0.39, 0.29) is 22.4 Å². The SMILES string of the molecule is O=C(c1cc(Cl)ccc1[N+](=O)[O-])N1CCCC(Oc2cccnn2)C1. The van der Waals surface area contributed by atoms with Crippen molar-refractivity contribution >= 4 is 23.2 Å². The fraction of sp³-hybridized carbons (Fsp3) is 0.312. The predicted molar refractivity (Wildman–Crippen MR) is 89.7 cm³/mol. The molecule has 130 valence electrons. The van der Waals surface area contributed by atoms with Crippen LogP contribution in [0.15, 0.2) is 36.5 Å². The number of rotatable bonds is 4. The van der Waals surface area contributed by atoms with Crippen LogP contribution >= 0.6 is 11.6 Å². The zero-order valence-electron chi connectivity index (χ0n) is 13.2. The molecular formula is C16H15ClN4O4. The summed E-state index contributed by atoms with van der Waals surface area (Å²) in [5.74, 6) is -0.0443. The van der Waals surface area contributed by atoms with Crippen molar-refractivity contribution in [3.8, 4) is 5.88 Å². The Balaban J connectivity index is 1.76. The molecule has 1 amide bonds. The lowest BCUT2D eigenvalue weighted by Crippen LogP contribution is -2.44. The minimum atomic E-state index is -0.582. The van der Waals surface area contributed by atoms with Gasteiger partial charge in [0.05, 0.1) is 11.5 Å². The van der Waals surface area contributed by atoms with Crippen molar-refractivity contribution in [2.75, 3.05) is 13.1 Å². The van der Waals surface area contributed by atoms with Crippen LogP contribution in [0.5, 0.6) is 5.88 Å². The minimum Gasteiger partial charge on any atom is -0.471 e. The first-order valence-corrected chi connectivity index (χ1v) is 8.10. The number of carbonyl (C=O) groups is 1. The van der Waals surface area contributed by atoms with Crippen LogP contribution in [0.1, 0.15) is 23.2 Å². The molecule has 1 aromatic heterocycles. The summed E-state index contributed by atoms with van der Waals surface area (Å²) < 4.78 is 5.75. The number of likely N-dealkylation sites (tertiary alicyclic amines) is 1. The molecule has 1 aromatic carbocycles. The Hall–Kier alpha value is -2.74. The molecule has 0 N–H and O–H groups in total. The smallest absolute Gasteiger partial charge is 0.282 e. The summed E-state index contributed by atoms with van der Waals surface area (Å²) >= 11 is 5.91. The van der Waals surface area contributed by atoms with Crippen molar-refractivity contribution in [1.29, 1.82) is 0 Å². The maximum atomic E-state index is 12.8. The third-order valence-electron chi connectivity index (χ3n) is 3.89. The zero-order valence-corrected chi connectivity index (χ0v) is 13.9. The standard InChI is InChI=1S/C16H15ClN4O4/c17-11-5-6-14(21(23)24)13(9-11)16(22)20-8-2-3-12(10-20)25-15-4-1-7-18-19-15/h1,4-7,9,12H,2-3,8,10H2. The molecule has 0 radical (unpaired) electrons. The molecule has 2 heterocycles. The van der Waals surface area contributed by atoms with E-state index in [9.17, 15) is 14.9 Å². The second-order valence-electron chi connectivity index (χ2n) is 5.61. The number of carbonyl (C=O) groups excluding carboxylic acids is 1. The summed E-state index contributed by atoms with van der Waals surface area (Å²) in [6, 6.07) is 7.37. The summed E-state index contributed by atoms with van der Waals surface area (Å²) in [7, 11) is 0. The summed E-state index contributed by atoms with van der Waals surface area (Å²) in [6.45, 7) is 0.821. The number of nitro benzene ring substituents is 1. The van der Waals surface area contributed by atoms with Gasteiger partial charge in [0.15, 0.2) is 0 Å². The van der Waals surface area contributed by atoms with Gasteiger partial charge in [-0.2, -0.15) is 5.10 Å². The van der Waals surface area contributed by atoms with Gasteiger partial charge in [-0.3, -0.25) is 14.9 Å². The van der Waals surface area contributed by atoms with Crippen LogP contribution in [0.25, 0.3) is 0 Å². The molecule has 1 saturated heterocycles. The van der Waals surface area contributed by atoms with Crippen LogP contribution in [-0.2, 0) is 0 Å². The second-order valence-corrected chi connectivity index (χ2v) is 6.05. The van der Waals surface area contributed by atoms with Gasteiger partial charge in [-0.1, -0.05) is 11.6 Å². The van der Waals surface area contributed by atoms with Crippen LogP contribution in [0.2, 0.25) is 5.02 Å². The quantitative estimate of drug-likeness (QED) is 0.612. The lowest BCUT2D eigenvalue weighted by molar-refractivity contribution is -0.385. The van der Waals surface area contributed by atoms with Crippen molar-refractivity contribution in [2.24, 2.45) is 0 Å². The molecule has 0 saturated carbocycles. The van der Waals surface area contributed by atoms with Crippen molar-refractivity contribution in [2.45, 2.75) is 18.9 Å². The molecule has 1 aliphatic rings. The van der Waals surface area contributed by atoms with Gasteiger partial charge in [0.1, 0.15) is 11.7 Å². The number of halogens is 1. The Labute approximate surface area is 148 Å². The fourth-order valence-electron chi connectivity index (χ4n) is 2.75. The highest BCUT2D eigenvalue weighted by molar-refractivity contribution is 6.31. The van der Waals surface area contributed by atoms with Gasteiger partial charge in [0.2, 0.25) is 5.88 Å². The van der Waals surface area contributed by atoms with Gasteiger partial charge in [-0.05, 0) is 31.0 Å². The van der Waals surface area contributed by atoms with Crippen LogP contribution in [0, 0.1) is 10.1 Å². The molecule has 1 unspecified atom stereocenters. The van der Waals surface area contributed by atoms with Crippen molar-refractivity contribution < 1.29 is 14.5 Å². The Morgan fingerprint density at radius 2 is 2.24 bits per heavy atom. The Bertz CT molecular complexity index is 787. The van der Waals surface area contributed by atoms with Crippen LogP contribution < -0.4 is 4.74 Å². The molecule has 1 atom stereocenters. The Morgan fingerprint density at radius 1 is 1.40 bits per heavy atom. The first-order chi connectivity index (χ1) is 12.0. The molecule has 1 aliphatic heterocycles. The van der Waals surface area contributed by atoms with Crippen LogP contribution in [0.4, 0.5) is 5.69 Å². The number of aromatic nitrogens is 2. The lowest BCUT2D eigenvalue weighted by atomic mass is 10.1. The highest BCUT2D eigenvalue weighted by atomic mass is 35.5. The van der Waals surface area contributed by atoms with Gasteiger partial charge in [-0.25, -0.2) is 0 Å². The van der Waals surface area contributed by atoms with Crippen molar-refractivity contribution in [1.82, 2.24) is 15.1 Å². The maximum Gasteiger partial charge on any atom is 0.282 e. The van der Waals surface area contributed by atoms with Gasteiger partial charge < -0.3 is 9.64 Å². The largest absolute Gasteiger partial charge is 0.471 e. The van der Waals surface area contributed by atoms with Crippen molar-refractivity contribution in [3.63, 3.8) is 0 Å². The predicted octanol–water partition coefficient (Wildman–Crippen LogP) is 2.72. The van der Waals surface area contributed by atoms with E-state index in [2.05, 4.69) is 10.2 Å². The number of ether oxygens (including phenoxy) is 1. The number of benzene rings is 1. The summed E-state index contributed by atoms with van der Waals surface area (Å²) in [5.41, 5.74) is -0.274. The maximum absolute atomic E-state index is 12.8. The van der Waals surface area contributed by atoms with Gasteiger partial charge >= 0.3 is 0 Å². The van der Waals surface area contributed by atoms with Gasteiger partial charge in [0.25, 0.3) is 11.6 Å². The molecular weight excluding hydrogens is 348 g/mol. The van der Waals surface area contributed by atoms with E-state index < -0.39 is 10.8 Å². The van der Waals surface area contributed by atoms with E-state index in [0.717, 1.165) is 12.8 Å². The van der Waals surface area contributed by atoms with Gasteiger partial charge in [-0.15, -0.1) is 5.10 Å². The second kappa shape index (κ2) is 7.43.